The van der Waals surface area contributed by atoms with Crippen molar-refractivity contribution in [2.45, 2.75) is 18.9 Å². The van der Waals surface area contributed by atoms with Crippen LogP contribution in [0, 0.1) is 5.92 Å². The van der Waals surface area contributed by atoms with Gasteiger partial charge in [-0.05, 0) is 34.7 Å². The summed E-state index contributed by atoms with van der Waals surface area (Å²) in [6.07, 6.45) is 5.63. The maximum atomic E-state index is 11.6. The summed E-state index contributed by atoms with van der Waals surface area (Å²) in [4.78, 5) is 14.5. The van der Waals surface area contributed by atoms with Crippen LogP contribution < -0.4 is 11.2 Å². The molecule has 0 aromatic carbocycles. The molecule has 0 amide bonds. The van der Waals surface area contributed by atoms with Crippen LogP contribution >= 0.6 is 15.9 Å². The summed E-state index contributed by atoms with van der Waals surface area (Å²) in [7, 11) is 0. The van der Waals surface area contributed by atoms with Crippen molar-refractivity contribution < 1.29 is 0 Å². The number of aromatic nitrogens is 1. The first-order valence-electron chi connectivity index (χ1n) is 4.32. The molecular weight excluding hydrogens is 232 g/mol. The van der Waals surface area contributed by atoms with E-state index >= 15 is 0 Å². The molecule has 70 valence electrons. The van der Waals surface area contributed by atoms with E-state index in [2.05, 4.69) is 20.9 Å². The van der Waals surface area contributed by atoms with E-state index in [1.807, 2.05) is 0 Å². The Bertz CT molecular complexity index is 370. The monoisotopic (exact) mass is 242 g/mol. The first-order chi connectivity index (χ1) is 6.20. The molecule has 0 saturated heterocycles. The Morgan fingerprint density at radius 2 is 2.23 bits per heavy atom. The van der Waals surface area contributed by atoms with Crippen molar-refractivity contribution >= 4 is 15.9 Å². The summed E-state index contributed by atoms with van der Waals surface area (Å²) in [6, 6.07) is -0.0961. The second-order valence-corrected chi connectivity index (χ2v) is 4.31. The fourth-order valence-electron chi connectivity index (χ4n) is 1.43. The summed E-state index contributed by atoms with van der Waals surface area (Å²) >= 11 is 3.18. The zero-order chi connectivity index (χ0) is 9.42. The molecule has 3 N–H and O–H groups in total. The van der Waals surface area contributed by atoms with Gasteiger partial charge in [0.1, 0.15) is 0 Å². The second kappa shape index (κ2) is 3.27. The number of hydrogen-bond donors (Lipinski definition) is 2. The van der Waals surface area contributed by atoms with E-state index in [1.54, 1.807) is 12.4 Å². The van der Waals surface area contributed by atoms with E-state index in [4.69, 9.17) is 5.73 Å². The number of nitrogens with one attached hydrogen (secondary N) is 1. The van der Waals surface area contributed by atoms with Gasteiger partial charge in [-0.1, -0.05) is 0 Å². The Labute approximate surface area is 84.5 Å². The molecule has 1 aromatic rings. The van der Waals surface area contributed by atoms with Crippen LogP contribution in [0.5, 0.6) is 0 Å². The van der Waals surface area contributed by atoms with E-state index in [0.29, 0.717) is 16.0 Å². The molecule has 1 aromatic heterocycles. The molecule has 3 nitrogen and oxygen atoms in total. The van der Waals surface area contributed by atoms with Crippen molar-refractivity contribution in [3.63, 3.8) is 0 Å². The highest BCUT2D eigenvalue weighted by Gasteiger charge is 2.31. The van der Waals surface area contributed by atoms with Crippen molar-refractivity contribution in [2.24, 2.45) is 11.7 Å². The summed E-state index contributed by atoms with van der Waals surface area (Å²) in [5, 5.41) is 0. The van der Waals surface area contributed by atoms with Crippen molar-refractivity contribution in [2.75, 3.05) is 0 Å². The lowest BCUT2D eigenvalue weighted by Gasteiger charge is -2.08. The highest BCUT2D eigenvalue weighted by molar-refractivity contribution is 9.10. The standard InChI is InChI=1S/C9H11BrN2O/c10-7-4-12-3-6(9(7)13)8(11)5-1-2-5/h3-5,8H,1-2,11H2,(H,12,13). The normalized spacial score (nSPS) is 18.6. The number of H-pyrrole nitrogens is 1. The Balaban J connectivity index is 2.38. The number of pyridine rings is 1. The van der Waals surface area contributed by atoms with Crippen LogP contribution in [0.2, 0.25) is 0 Å². The van der Waals surface area contributed by atoms with Gasteiger partial charge < -0.3 is 10.7 Å². The molecule has 0 spiro atoms. The number of hydrogen-bond acceptors (Lipinski definition) is 2. The van der Waals surface area contributed by atoms with E-state index in [-0.39, 0.29) is 11.5 Å². The Morgan fingerprint density at radius 1 is 1.54 bits per heavy atom. The zero-order valence-corrected chi connectivity index (χ0v) is 8.67. The lowest BCUT2D eigenvalue weighted by molar-refractivity contribution is 0.626. The van der Waals surface area contributed by atoms with Crippen molar-refractivity contribution in [3.8, 4) is 0 Å². The zero-order valence-electron chi connectivity index (χ0n) is 7.09. The first-order valence-corrected chi connectivity index (χ1v) is 5.11. The van der Waals surface area contributed by atoms with Crippen LogP contribution in [0.1, 0.15) is 24.4 Å². The summed E-state index contributed by atoms with van der Waals surface area (Å²) < 4.78 is 0.557. The van der Waals surface area contributed by atoms with Crippen molar-refractivity contribution in [1.82, 2.24) is 4.98 Å². The molecule has 1 aliphatic rings. The molecule has 4 heteroatoms. The molecule has 1 fully saturated rings. The van der Waals surface area contributed by atoms with Crippen LogP contribution in [0.4, 0.5) is 0 Å². The Kier molecular flexibility index (Phi) is 2.26. The summed E-state index contributed by atoms with van der Waals surface area (Å²) in [5.74, 6) is 0.510. The number of aromatic amines is 1. The van der Waals surface area contributed by atoms with Crippen LogP contribution in [0.15, 0.2) is 21.7 Å². The average Bonchev–Trinajstić information content (AvgIpc) is 2.91. The minimum Gasteiger partial charge on any atom is -0.366 e. The molecule has 1 atom stereocenters. The molecule has 13 heavy (non-hydrogen) atoms. The van der Waals surface area contributed by atoms with Gasteiger partial charge in [0.2, 0.25) is 0 Å². The lowest BCUT2D eigenvalue weighted by atomic mass is 10.1. The maximum Gasteiger partial charge on any atom is 0.200 e. The lowest BCUT2D eigenvalue weighted by Crippen LogP contribution is -2.22. The van der Waals surface area contributed by atoms with E-state index in [0.717, 1.165) is 12.8 Å². The third kappa shape index (κ3) is 1.69. The second-order valence-electron chi connectivity index (χ2n) is 3.45. The molecule has 0 radical (unpaired) electrons. The van der Waals surface area contributed by atoms with Crippen molar-refractivity contribution in [3.05, 3.63) is 32.7 Å². The number of nitrogens with two attached hydrogens (primary N) is 1. The highest BCUT2D eigenvalue weighted by atomic mass is 79.9. The molecule has 1 aliphatic carbocycles. The minimum absolute atomic E-state index is 0.0122. The van der Waals surface area contributed by atoms with Gasteiger partial charge >= 0.3 is 0 Å². The maximum absolute atomic E-state index is 11.6. The topological polar surface area (TPSA) is 58.9 Å². The minimum atomic E-state index is -0.0961. The first kappa shape index (κ1) is 8.97. The Morgan fingerprint density at radius 3 is 2.85 bits per heavy atom. The van der Waals surface area contributed by atoms with Gasteiger partial charge in [-0.15, -0.1) is 0 Å². The average molecular weight is 243 g/mol. The van der Waals surface area contributed by atoms with Crippen LogP contribution in [-0.2, 0) is 0 Å². The largest absolute Gasteiger partial charge is 0.366 e. The van der Waals surface area contributed by atoms with Gasteiger partial charge in [-0.3, -0.25) is 4.79 Å². The van der Waals surface area contributed by atoms with Gasteiger partial charge in [-0.25, -0.2) is 0 Å². The molecule has 2 rings (SSSR count). The van der Waals surface area contributed by atoms with Crippen LogP contribution in [-0.4, -0.2) is 4.98 Å². The van der Waals surface area contributed by atoms with Gasteiger partial charge in [0.05, 0.1) is 4.47 Å². The van der Waals surface area contributed by atoms with E-state index < -0.39 is 0 Å². The van der Waals surface area contributed by atoms with Crippen LogP contribution in [0.3, 0.4) is 0 Å². The fourth-order valence-corrected chi connectivity index (χ4v) is 1.79. The SMILES string of the molecule is NC(c1c[nH]cc(Br)c1=O)C1CC1. The summed E-state index contributed by atoms with van der Waals surface area (Å²) in [6.45, 7) is 0. The fraction of sp³-hybridized carbons (Fsp3) is 0.444. The molecule has 1 unspecified atom stereocenters. The van der Waals surface area contributed by atoms with Gasteiger partial charge in [0.25, 0.3) is 0 Å². The molecule has 0 aliphatic heterocycles. The predicted molar refractivity (Wildman–Crippen MR) is 54.4 cm³/mol. The Hall–Kier alpha value is -0.610. The molecule has 0 bridgehead atoms. The smallest absolute Gasteiger partial charge is 0.200 e. The number of halogens is 1. The van der Waals surface area contributed by atoms with E-state index in [1.165, 1.54) is 0 Å². The van der Waals surface area contributed by atoms with Gasteiger partial charge in [0.15, 0.2) is 5.43 Å². The van der Waals surface area contributed by atoms with Crippen molar-refractivity contribution in [1.29, 1.82) is 0 Å². The number of rotatable bonds is 2. The molecule has 1 saturated carbocycles. The van der Waals surface area contributed by atoms with Gasteiger partial charge in [-0.2, -0.15) is 0 Å². The third-order valence-corrected chi connectivity index (χ3v) is 3.01. The summed E-state index contributed by atoms with van der Waals surface area (Å²) in [5.41, 5.74) is 6.63. The molecular formula is C9H11BrN2O. The predicted octanol–water partition coefficient (Wildman–Crippen LogP) is 1.55. The van der Waals surface area contributed by atoms with Crippen LogP contribution in [0.25, 0.3) is 0 Å². The van der Waals surface area contributed by atoms with Gasteiger partial charge in [0, 0.05) is 24.0 Å². The van der Waals surface area contributed by atoms with E-state index in [9.17, 15) is 4.79 Å². The quantitative estimate of drug-likeness (QED) is 0.827. The third-order valence-electron chi connectivity index (χ3n) is 2.42. The highest BCUT2D eigenvalue weighted by Crippen LogP contribution is 2.38. The molecule has 1 heterocycles.